The van der Waals surface area contributed by atoms with Gasteiger partial charge in [0, 0.05) is 6.42 Å². The third-order valence-corrected chi connectivity index (χ3v) is 9.30. The predicted molar refractivity (Wildman–Crippen MR) is 95.4 cm³/mol. The Morgan fingerprint density at radius 3 is 2.42 bits per heavy atom. The molecule has 0 radical (unpaired) electrons. The molecule has 4 saturated carbocycles. The molecule has 1 nitrogen and oxygen atoms in total. The molecule has 4 aliphatic carbocycles. The fourth-order valence-electron chi connectivity index (χ4n) is 8.32. The fraction of sp³-hybridized carbons (Fsp3) is 0.955. The Balaban J connectivity index is 1.52. The molecule has 4 heteroatoms. The number of carbonyl (C=O) groups is 1. The topological polar surface area (TPSA) is 17.1 Å². The Bertz CT molecular complexity index is 544. The van der Waals surface area contributed by atoms with E-state index in [9.17, 15) is 18.0 Å². The van der Waals surface area contributed by atoms with Gasteiger partial charge in [0.15, 0.2) is 0 Å². The summed E-state index contributed by atoms with van der Waals surface area (Å²) in [4.78, 5) is 11.2. The summed E-state index contributed by atoms with van der Waals surface area (Å²) in [6.07, 6.45) is 4.92. The van der Waals surface area contributed by atoms with Gasteiger partial charge in [-0.1, -0.05) is 13.8 Å². The van der Waals surface area contributed by atoms with Crippen molar-refractivity contribution in [3.05, 3.63) is 0 Å². The zero-order valence-corrected chi connectivity index (χ0v) is 16.1. The maximum Gasteiger partial charge on any atom is 0.391 e. The van der Waals surface area contributed by atoms with Gasteiger partial charge < -0.3 is 4.79 Å². The van der Waals surface area contributed by atoms with E-state index in [1.54, 1.807) is 0 Å². The first kappa shape index (κ1) is 18.8. The highest BCUT2D eigenvalue weighted by molar-refractivity contribution is 5.50. The molecule has 0 aromatic heterocycles. The molecule has 9 atom stereocenters. The van der Waals surface area contributed by atoms with Crippen molar-refractivity contribution in [1.29, 1.82) is 0 Å². The summed E-state index contributed by atoms with van der Waals surface area (Å²) in [6, 6.07) is 0. The smallest absolute Gasteiger partial charge is 0.303 e. The molecular formula is C22H33F3O. The summed E-state index contributed by atoms with van der Waals surface area (Å²) < 4.78 is 39.6. The molecule has 4 rings (SSSR count). The van der Waals surface area contributed by atoms with E-state index < -0.39 is 12.1 Å². The van der Waals surface area contributed by atoms with Crippen LogP contribution in [0.5, 0.6) is 0 Å². The second-order valence-electron chi connectivity index (χ2n) is 10.3. The lowest BCUT2D eigenvalue weighted by Crippen LogP contribution is -2.50. The lowest BCUT2D eigenvalue weighted by atomic mass is 9.48. The van der Waals surface area contributed by atoms with Gasteiger partial charge in [-0.15, -0.1) is 0 Å². The van der Waals surface area contributed by atoms with Crippen molar-refractivity contribution >= 4 is 6.29 Å². The van der Waals surface area contributed by atoms with E-state index in [2.05, 4.69) is 13.8 Å². The molecule has 0 bridgehead atoms. The van der Waals surface area contributed by atoms with Gasteiger partial charge in [-0.2, -0.15) is 13.2 Å². The van der Waals surface area contributed by atoms with Crippen LogP contribution in [0.15, 0.2) is 0 Å². The minimum absolute atomic E-state index is 0.275. The molecule has 4 fully saturated rings. The van der Waals surface area contributed by atoms with Crippen LogP contribution in [0.25, 0.3) is 0 Å². The Labute approximate surface area is 155 Å². The Kier molecular flexibility index (Phi) is 4.71. The van der Waals surface area contributed by atoms with E-state index in [-0.39, 0.29) is 5.41 Å². The lowest BCUT2D eigenvalue weighted by molar-refractivity contribution is -0.196. The average Bonchev–Trinajstić information content (AvgIpc) is 2.84. The molecule has 4 unspecified atom stereocenters. The molecule has 0 aliphatic heterocycles. The monoisotopic (exact) mass is 370 g/mol. The van der Waals surface area contributed by atoms with E-state index in [4.69, 9.17) is 0 Å². The molecule has 148 valence electrons. The minimum Gasteiger partial charge on any atom is -0.303 e. The molecule has 4 aliphatic rings. The molecule has 26 heavy (non-hydrogen) atoms. The second kappa shape index (κ2) is 6.51. The number of carbonyl (C=O) groups excluding carboxylic acids is 1. The van der Waals surface area contributed by atoms with Gasteiger partial charge in [0.05, 0.1) is 5.92 Å². The summed E-state index contributed by atoms with van der Waals surface area (Å²) in [7, 11) is 0. The molecule has 0 N–H and O–H groups in total. The van der Waals surface area contributed by atoms with Crippen molar-refractivity contribution < 1.29 is 18.0 Å². The van der Waals surface area contributed by atoms with Crippen LogP contribution in [-0.2, 0) is 4.79 Å². The van der Waals surface area contributed by atoms with Crippen molar-refractivity contribution in [1.82, 2.24) is 0 Å². The van der Waals surface area contributed by atoms with Gasteiger partial charge in [0.1, 0.15) is 6.29 Å². The standard InChI is InChI=1S/C22H33F3O/c1-13-11-15(8-10-26)21(2)9-7-18-17-6-4-16(22(23,24)25)12-14(17)3-5-19(18)20(13)21/h10,13-20H,3-9,11-12H2,1-2H3/t13?,14-,15?,16+,17+,18?,19-,20?,21-/m1/s1. The van der Waals surface area contributed by atoms with Crippen LogP contribution in [0.4, 0.5) is 13.2 Å². The van der Waals surface area contributed by atoms with Crippen molar-refractivity contribution in [3.8, 4) is 0 Å². The molecule has 0 aromatic rings. The first-order chi connectivity index (χ1) is 12.3. The van der Waals surface area contributed by atoms with Crippen LogP contribution in [0.1, 0.15) is 71.6 Å². The van der Waals surface area contributed by atoms with E-state index in [1.165, 1.54) is 12.8 Å². The van der Waals surface area contributed by atoms with Crippen LogP contribution in [0.2, 0.25) is 0 Å². The van der Waals surface area contributed by atoms with Crippen LogP contribution < -0.4 is 0 Å². The normalized spacial score (nSPS) is 51.3. The number of aldehydes is 1. The molecule has 0 spiro atoms. The number of rotatable bonds is 2. The highest BCUT2D eigenvalue weighted by Crippen LogP contribution is 2.66. The van der Waals surface area contributed by atoms with Crippen molar-refractivity contribution in [3.63, 3.8) is 0 Å². The highest BCUT2D eigenvalue weighted by Gasteiger charge is 2.59. The van der Waals surface area contributed by atoms with Crippen molar-refractivity contribution in [2.24, 2.45) is 52.8 Å². The van der Waals surface area contributed by atoms with Crippen LogP contribution in [0.3, 0.4) is 0 Å². The Hall–Kier alpha value is -0.540. The molecule has 0 aromatic carbocycles. The molecular weight excluding hydrogens is 337 g/mol. The van der Waals surface area contributed by atoms with Gasteiger partial charge in [0.25, 0.3) is 0 Å². The predicted octanol–water partition coefficient (Wildman–Crippen LogP) is 6.27. The van der Waals surface area contributed by atoms with Crippen molar-refractivity contribution in [2.45, 2.75) is 77.8 Å². The van der Waals surface area contributed by atoms with Gasteiger partial charge in [0.2, 0.25) is 0 Å². The summed E-state index contributed by atoms with van der Waals surface area (Å²) in [6.45, 7) is 4.78. The Morgan fingerprint density at radius 1 is 1.00 bits per heavy atom. The summed E-state index contributed by atoms with van der Waals surface area (Å²) >= 11 is 0. The van der Waals surface area contributed by atoms with E-state index >= 15 is 0 Å². The molecule has 0 heterocycles. The number of hydrogen-bond acceptors (Lipinski definition) is 1. The summed E-state index contributed by atoms with van der Waals surface area (Å²) in [5, 5.41) is 0. The summed E-state index contributed by atoms with van der Waals surface area (Å²) in [5.41, 5.74) is 0.275. The largest absolute Gasteiger partial charge is 0.391 e. The number of alkyl halides is 3. The Morgan fingerprint density at radius 2 is 1.73 bits per heavy atom. The first-order valence-corrected chi connectivity index (χ1v) is 10.8. The maximum atomic E-state index is 13.2. The molecule has 0 amide bonds. The van der Waals surface area contributed by atoms with Gasteiger partial charge >= 0.3 is 6.18 Å². The molecule has 0 saturated heterocycles. The second-order valence-corrected chi connectivity index (χ2v) is 10.3. The van der Waals surface area contributed by atoms with Crippen LogP contribution in [-0.4, -0.2) is 12.5 Å². The SMILES string of the molecule is CC1CC(CC=O)[C@@]2(C)CCC3[C@@H](CC[C@@H]4C[C@@H](C(F)(F)F)CC[C@H]34)C12. The quantitative estimate of drug-likeness (QED) is 0.524. The van der Waals surface area contributed by atoms with Gasteiger partial charge in [-0.05, 0) is 98.2 Å². The van der Waals surface area contributed by atoms with E-state index in [0.29, 0.717) is 60.7 Å². The van der Waals surface area contributed by atoms with Gasteiger partial charge in [-0.25, -0.2) is 0 Å². The van der Waals surface area contributed by atoms with Gasteiger partial charge in [-0.3, -0.25) is 0 Å². The zero-order chi connectivity index (χ0) is 18.7. The average molecular weight is 370 g/mol. The number of halogens is 3. The van der Waals surface area contributed by atoms with Crippen molar-refractivity contribution in [2.75, 3.05) is 0 Å². The van der Waals surface area contributed by atoms with E-state index in [1.807, 2.05) is 0 Å². The van der Waals surface area contributed by atoms with E-state index in [0.717, 1.165) is 32.0 Å². The maximum absolute atomic E-state index is 13.2. The summed E-state index contributed by atoms with van der Waals surface area (Å²) in [5.74, 6) is 2.92. The fourth-order valence-corrected chi connectivity index (χ4v) is 8.32. The van der Waals surface area contributed by atoms with Crippen LogP contribution >= 0.6 is 0 Å². The number of hydrogen-bond donors (Lipinski definition) is 0. The number of fused-ring (bicyclic) bond motifs is 5. The lowest BCUT2D eigenvalue weighted by Gasteiger charge is -2.57. The first-order valence-electron chi connectivity index (χ1n) is 10.8. The third-order valence-electron chi connectivity index (χ3n) is 9.30. The minimum atomic E-state index is -4.00. The highest BCUT2D eigenvalue weighted by atomic mass is 19.4. The zero-order valence-electron chi connectivity index (χ0n) is 16.1. The third kappa shape index (κ3) is 2.85. The van der Waals surface area contributed by atoms with Crippen LogP contribution in [0, 0.1) is 52.8 Å².